The standard InChI is InChI=1S/C9H12BrNO4S2/c1-2-6(8(12)13)5-11-17(14,15)9-7(10)3-4-16-9/h3-4,6,11H,2,5H2,1H3,(H,12,13). The van der Waals surface area contributed by atoms with E-state index in [1.165, 1.54) is 0 Å². The minimum absolute atomic E-state index is 0.0987. The summed E-state index contributed by atoms with van der Waals surface area (Å²) in [4.78, 5) is 10.8. The van der Waals surface area contributed by atoms with E-state index in [0.29, 0.717) is 10.9 Å². The minimum atomic E-state index is -3.63. The van der Waals surface area contributed by atoms with Gasteiger partial charge in [0.1, 0.15) is 4.21 Å². The van der Waals surface area contributed by atoms with Crippen LogP contribution in [0.2, 0.25) is 0 Å². The second-order valence-corrected chi connectivity index (χ2v) is 7.08. The fraction of sp³-hybridized carbons (Fsp3) is 0.444. The molecule has 0 saturated heterocycles. The molecule has 1 unspecified atom stereocenters. The number of nitrogens with one attached hydrogen (secondary N) is 1. The molecule has 96 valence electrons. The van der Waals surface area contributed by atoms with Crippen molar-refractivity contribution in [1.82, 2.24) is 4.72 Å². The highest BCUT2D eigenvalue weighted by Gasteiger charge is 2.22. The summed E-state index contributed by atoms with van der Waals surface area (Å²) in [5.41, 5.74) is 0. The summed E-state index contributed by atoms with van der Waals surface area (Å²) in [6, 6.07) is 1.63. The van der Waals surface area contributed by atoms with E-state index >= 15 is 0 Å². The van der Waals surface area contributed by atoms with E-state index in [9.17, 15) is 13.2 Å². The van der Waals surface area contributed by atoms with Crippen molar-refractivity contribution in [3.63, 3.8) is 0 Å². The third kappa shape index (κ3) is 3.77. The topological polar surface area (TPSA) is 83.5 Å². The maximum absolute atomic E-state index is 11.8. The maximum atomic E-state index is 11.8. The Kier molecular flexibility index (Phi) is 5.11. The van der Waals surface area contributed by atoms with E-state index in [0.717, 1.165) is 11.3 Å². The van der Waals surface area contributed by atoms with E-state index in [4.69, 9.17) is 5.11 Å². The summed E-state index contributed by atoms with van der Waals surface area (Å²) in [5, 5.41) is 10.5. The first-order valence-electron chi connectivity index (χ1n) is 4.84. The van der Waals surface area contributed by atoms with Crippen molar-refractivity contribution in [2.45, 2.75) is 17.6 Å². The van der Waals surface area contributed by atoms with E-state index in [2.05, 4.69) is 20.7 Å². The molecule has 0 aliphatic heterocycles. The SMILES string of the molecule is CCC(CNS(=O)(=O)c1sccc1Br)C(=O)O. The van der Waals surface area contributed by atoms with Gasteiger partial charge in [0, 0.05) is 11.0 Å². The van der Waals surface area contributed by atoms with Crippen LogP contribution in [0.1, 0.15) is 13.3 Å². The van der Waals surface area contributed by atoms with Crippen molar-refractivity contribution in [2.24, 2.45) is 5.92 Å². The van der Waals surface area contributed by atoms with Crippen LogP contribution in [0.3, 0.4) is 0 Å². The second-order valence-electron chi connectivity index (χ2n) is 3.35. The molecule has 1 atom stereocenters. The van der Waals surface area contributed by atoms with Crippen LogP contribution in [0.4, 0.5) is 0 Å². The fourth-order valence-electron chi connectivity index (χ4n) is 1.15. The number of carboxylic acids is 1. The van der Waals surface area contributed by atoms with Crippen molar-refractivity contribution in [1.29, 1.82) is 0 Å². The molecule has 0 aromatic carbocycles. The zero-order chi connectivity index (χ0) is 13.1. The van der Waals surface area contributed by atoms with Crippen molar-refractivity contribution in [3.05, 3.63) is 15.9 Å². The van der Waals surface area contributed by atoms with Gasteiger partial charge in [-0.05, 0) is 33.8 Å². The average Bonchev–Trinajstić information content (AvgIpc) is 2.65. The summed E-state index contributed by atoms with van der Waals surface area (Å²) in [6.07, 6.45) is 0.378. The lowest BCUT2D eigenvalue weighted by Crippen LogP contribution is -2.32. The summed E-state index contributed by atoms with van der Waals surface area (Å²) in [5.74, 6) is -1.70. The average molecular weight is 342 g/mol. The second kappa shape index (κ2) is 5.94. The fourth-order valence-corrected chi connectivity index (χ4v) is 4.62. The monoisotopic (exact) mass is 341 g/mol. The van der Waals surface area contributed by atoms with Crippen molar-refractivity contribution in [2.75, 3.05) is 6.54 Å². The summed E-state index contributed by atoms with van der Waals surface area (Å²) in [6.45, 7) is 1.60. The number of rotatable bonds is 6. The van der Waals surface area contributed by atoms with Gasteiger partial charge >= 0.3 is 5.97 Å². The highest BCUT2D eigenvalue weighted by atomic mass is 79.9. The van der Waals surface area contributed by atoms with Gasteiger partial charge in [-0.25, -0.2) is 13.1 Å². The predicted octanol–water partition coefficient (Wildman–Crippen LogP) is 1.90. The zero-order valence-electron chi connectivity index (χ0n) is 9.01. The van der Waals surface area contributed by atoms with Gasteiger partial charge in [0.05, 0.1) is 5.92 Å². The number of carboxylic acid groups (broad SMARTS) is 1. The molecule has 0 radical (unpaired) electrons. The van der Waals surface area contributed by atoms with Crippen LogP contribution >= 0.6 is 27.3 Å². The smallest absolute Gasteiger partial charge is 0.307 e. The molecule has 17 heavy (non-hydrogen) atoms. The molecule has 1 aromatic heterocycles. The van der Waals surface area contributed by atoms with Gasteiger partial charge < -0.3 is 5.11 Å². The van der Waals surface area contributed by atoms with E-state index in [-0.39, 0.29) is 10.8 Å². The molecule has 0 amide bonds. The Hall–Kier alpha value is -0.440. The van der Waals surface area contributed by atoms with Gasteiger partial charge in [0.15, 0.2) is 0 Å². The van der Waals surface area contributed by atoms with Gasteiger partial charge in [-0.3, -0.25) is 4.79 Å². The Morgan fingerprint density at radius 3 is 2.71 bits per heavy atom. The molecule has 8 heteroatoms. The van der Waals surface area contributed by atoms with Gasteiger partial charge in [-0.1, -0.05) is 6.92 Å². The lowest BCUT2D eigenvalue weighted by Gasteiger charge is -2.10. The largest absolute Gasteiger partial charge is 0.481 e. The third-order valence-electron chi connectivity index (χ3n) is 2.19. The van der Waals surface area contributed by atoms with Gasteiger partial charge in [0.2, 0.25) is 0 Å². The Morgan fingerprint density at radius 2 is 2.29 bits per heavy atom. The Bertz CT molecular complexity index is 497. The minimum Gasteiger partial charge on any atom is -0.481 e. The first-order chi connectivity index (χ1) is 7.88. The molecule has 0 fully saturated rings. The lowest BCUT2D eigenvalue weighted by atomic mass is 10.1. The summed E-state index contributed by atoms with van der Waals surface area (Å²) >= 11 is 4.21. The van der Waals surface area contributed by atoms with Crippen molar-refractivity contribution in [3.8, 4) is 0 Å². The molecule has 1 heterocycles. The highest BCUT2D eigenvalue weighted by molar-refractivity contribution is 9.10. The van der Waals surface area contributed by atoms with Gasteiger partial charge in [-0.15, -0.1) is 11.3 Å². The molecular formula is C9H12BrNO4S2. The quantitative estimate of drug-likeness (QED) is 0.827. The predicted molar refractivity (Wildman–Crippen MR) is 68.6 cm³/mol. The van der Waals surface area contributed by atoms with Crippen molar-refractivity contribution < 1.29 is 18.3 Å². The summed E-state index contributed by atoms with van der Waals surface area (Å²) in [7, 11) is -3.63. The molecule has 0 aliphatic rings. The summed E-state index contributed by atoms with van der Waals surface area (Å²) < 4.78 is 26.6. The van der Waals surface area contributed by atoms with Crippen LogP contribution in [-0.4, -0.2) is 26.0 Å². The molecule has 0 spiro atoms. The molecule has 1 aromatic rings. The van der Waals surface area contributed by atoms with Crippen LogP contribution in [-0.2, 0) is 14.8 Å². The molecule has 0 bridgehead atoms. The normalized spacial score (nSPS) is 13.5. The van der Waals surface area contributed by atoms with Gasteiger partial charge in [0.25, 0.3) is 10.0 Å². The lowest BCUT2D eigenvalue weighted by molar-refractivity contribution is -0.141. The third-order valence-corrected chi connectivity index (χ3v) is 6.28. The molecule has 0 saturated carbocycles. The van der Waals surface area contributed by atoms with Crippen LogP contribution in [0, 0.1) is 5.92 Å². The number of halogens is 1. The molecule has 0 aliphatic carbocycles. The number of carbonyl (C=O) groups is 1. The number of hydrogen-bond donors (Lipinski definition) is 2. The van der Waals surface area contributed by atoms with Crippen LogP contribution < -0.4 is 4.72 Å². The van der Waals surface area contributed by atoms with Crippen LogP contribution in [0.5, 0.6) is 0 Å². The van der Waals surface area contributed by atoms with E-state index in [1.54, 1.807) is 18.4 Å². The number of thiophene rings is 1. The first kappa shape index (κ1) is 14.6. The Labute approximate surface area is 112 Å². The molecule has 2 N–H and O–H groups in total. The molecular weight excluding hydrogens is 330 g/mol. The van der Waals surface area contributed by atoms with Crippen LogP contribution in [0.25, 0.3) is 0 Å². The zero-order valence-corrected chi connectivity index (χ0v) is 12.2. The molecule has 1 rings (SSSR count). The maximum Gasteiger partial charge on any atom is 0.307 e. The van der Waals surface area contributed by atoms with E-state index < -0.39 is 21.9 Å². The Morgan fingerprint density at radius 1 is 1.65 bits per heavy atom. The van der Waals surface area contributed by atoms with E-state index in [1.807, 2.05) is 0 Å². The number of sulfonamides is 1. The van der Waals surface area contributed by atoms with Crippen LogP contribution in [0.15, 0.2) is 20.1 Å². The van der Waals surface area contributed by atoms with Gasteiger partial charge in [-0.2, -0.15) is 0 Å². The highest BCUT2D eigenvalue weighted by Crippen LogP contribution is 2.27. The Balaban J connectivity index is 2.75. The number of aliphatic carboxylic acids is 1. The van der Waals surface area contributed by atoms with Crippen molar-refractivity contribution >= 4 is 43.3 Å². The number of hydrogen-bond acceptors (Lipinski definition) is 4. The first-order valence-corrected chi connectivity index (χ1v) is 7.99. The molecule has 5 nitrogen and oxygen atoms in total.